The van der Waals surface area contributed by atoms with Crippen LogP contribution in [0.4, 0.5) is 0 Å². The van der Waals surface area contributed by atoms with Crippen molar-refractivity contribution < 1.29 is 13.2 Å². The molecule has 1 saturated heterocycles. The van der Waals surface area contributed by atoms with E-state index in [4.69, 9.17) is 27.9 Å². The fourth-order valence-corrected chi connectivity index (χ4v) is 4.17. The van der Waals surface area contributed by atoms with Gasteiger partial charge in [0.1, 0.15) is 10.0 Å². The molecule has 5 nitrogen and oxygen atoms in total. The molecule has 122 valence electrons. The van der Waals surface area contributed by atoms with Crippen LogP contribution in [0.1, 0.15) is 11.7 Å². The molecule has 0 amide bonds. The van der Waals surface area contributed by atoms with Gasteiger partial charge in [0.05, 0.1) is 12.7 Å². The van der Waals surface area contributed by atoms with Gasteiger partial charge in [-0.3, -0.25) is 0 Å². The summed E-state index contributed by atoms with van der Waals surface area (Å²) in [5.41, 5.74) is 0.781. The molecule has 0 aliphatic carbocycles. The second kappa shape index (κ2) is 6.75. The summed E-state index contributed by atoms with van der Waals surface area (Å²) in [6.45, 7) is 0.788. The molecule has 0 bridgehead atoms. The van der Waals surface area contributed by atoms with Gasteiger partial charge in [-0.05, 0) is 18.2 Å². The third kappa shape index (κ3) is 3.51. The summed E-state index contributed by atoms with van der Waals surface area (Å²) < 4.78 is 32.5. The first-order valence-electron chi connectivity index (χ1n) is 6.96. The Balaban J connectivity index is 1.86. The first-order valence-corrected chi connectivity index (χ1v) is 9.16. The predicted molar refractivity (Wildman–Crippen MR) is 88.2 cm³/mol. The van der Waals surface area contributed by atoms with Gasteiger partial charge in [0.25, 0.3) is 0 Å². The van der Waals surface area contributed by atoms with Crippen molar-refractivity contribution in [3.63, 3.8) is 0 Å². The van der Waals surface area contributed by atoms with Crippen LogP contribution in [0.15, 0.2) is 47.5 Å². The minimum absolute atomic E-state index is 0.113. The Kier molecular flexibility index (Phi) is 4.89. The summed E-state index contributed by atoms with van der Waals surface area (Å²) in [6, 6.07) is 10.2. The largest absolute Gasteiger partial charge is 0.371 e. The SMILES string of the molecule is O=S(=O)(c1ccc(Cl)nc1)N1CCOC(c2ccccc2Cl)C1. The van der Waals surface area contributed by atoms with Crippen LogP contribution in [0.3, 0.4) is 0 Å². The topological polar surface area (TPSA) is 59.5 Å². The van der Waals surface area contributed by atoms with Crippen LogP contribution in [0, 0.1) is 0 Å². The molecule has 1 aromatic heterocycles. The Labute approximate surface area is 144 Å². The van der Waals surface area contributed by atoms with Gasteiger partial charge >= 0.3 is 0 Å². The normalized spacial score (nSPS) is 19.7. The highest BCUT2D eigenvalue weighted by Gasteiger charge is 2.32. The Hall–Kier alpha value is -1.18. The van der Waals surface area contributed by atoms with Gasteiger partial charge in [-0.15, -0.1) is 0 Å². The van der Waals surface area contributed by atoms with E-state index < -0.39 is 16.1 Å². The molecule has 0 radical (unpaired) electrons. The van der Waals surface area contributed by atoms with Gasteiger partial charge in [-0.1, -0.05) is 41.4 Å². The molecule has 0 spiro atoms. The smallest absolute Gasteiger partial charge is 0.244 e. The zero-order chi connectivity index (χ0) is 16.4. The average Bonchev–Trinajstić information content (AvgIpc) is 2.56. The second-order valence-corrected chi connectivity index (χ2v) is 7.79. The van der Waals surface area contributed by atoms with Crippen LogP contribution >= 0.6 is 23.2 Å². The Morgan fingerprint density at radius 2 is 1.96 bits per heavy atom. The number of ether oxygens (including phenoxy) is 1. The number of sulfonamides is 1. The molecule has 3 rings (SSSR count). The average molecular weight is 373 g/mol. The molecule has 1 atom stereocenters. The fourth-order valence-electron chi connectivity index (χ4n) is 2.43. The molecular weight excluding hydrogens is 359 g/mol. The van der Waals surface area contributed by atoms with E-state index in [1.165, 1.54) is 22.6 Å². The molecule has 8 heteroatoms. The van der Waals surface area contributed by atoms with E-state index >= 15 is 0 Å². The van der Waals surface area contributed by atoms with Crippen LogP contribution in [0.2, 0.25) is 10.2 Å². The molecule has 1 unspecified atom stereocenters. The zero-order valence-corrected chi connectivity index (χ0v) is 14.4. The molecule has 1 aliphatic heterocycles. The molecule has 0 N–H and O–H groups in total. The van der Waals surface area contributed by atoms with Crippen molar-refractivity contribution in [2.45, 2.75) is 11.0 Å². The third-order valence-corrected chi connectivity index (χ3v) is 6.04. The monoisotopic (exact) mass is 372 g/mol. The molecule has 23 heavy (non-hydrogen) atoms. The fraction of sp³-hybridized carbons (Fsp3) is 0.267. The molecule has 1 aliphatic rings. The summed E-state index contributed by atoms with van der Waals surface area (Å²) in [5, 5.41) is 0.810. The number of halogens is 2. The van der Waals surface area contributed by atoms with Crippen molar-refractivity contribution in [2.24, 2.45) is 0 Å². The van der Waals surface area contributed by atoms with Crippen molar-refractivity contribution in [2.75, 3.05) is 19.7 Å². The maximum Gasteiger partial charge on any atom is 0.244 e. The molecule has 1 aromatic carbocycles. The van der Waals surface area contributed by atoms with E-state index in [9.17, 15) is 8.42 Å². The van der Waals surface area contributed by atoms with Crippen LogP contribution in [-0.4, -0.2) is 37.4 Å². The minimum atomic E-state index is -3.64. The van der Waals surface area contributed by atoms with E-state index in [0.29, 0.717) is 11.6 Å². The highest BCUT2D eigenvalue weighted by molar-refractivity contribution is 7.89. The quantitative estimate of drug-likeness (QED) is 0.776. The molecule has 2 aromatic rings. The van der Waals surface area contributed by atoms with E-state index in [1.54, 1.807) is 6.07 Å². The van der Waals surface area contributed by atoms with Crippen molar-refractivity contribution >= 4 is 33.2 Å². The second-order valence-electron chi connectivity index (χ2n) is 5.06. The standard InChI is InChI=1S/C15H14Cl2N2O3S/c16-13-4-2-1-3-12(13)14-10-19(7-8-22-14)23(20,21)11-5-6-15(17)18-9-11/h1-6,9,14H,7-8,10H2. The van der Waals surface area contributed by atoms with Gasteiger partial charge in [0.15, 0.2) is 0 Å². The highest BCUT2D eigenvalue weighted by atomic mass is 35.5. The van der Waals surface area contributed by atoms with Crippen LogP contribution < -0.4 is 0 Å². The van der Waals surface area contributed by atoms with Crippen LogP contribution in [0.5, 0.6) is 0 Å². The Morgan fingerprint density at radius 1 is 1.17 bits per heavy atom. The summed E-state index contributed by atoms with van der Waals surface area (Å²) >= 11 is 11.9. The van der Waals surface area contributed by atoms with Gasteiger partial charge < -0.3 is 4.74 Å². The molecule has 1 fully saturated rings. The van der Waals surface area contributed by atoms with Crippen LogP contribution in [-0.2, 0) is 14.8 Å². The third-order valence-electron chi connectivity index (χ3n) is 3.62. The number of morpholine rings is 1. The van der Waals surface area contributed by atoms with E-state index in [-0.39, 0.29) is 23.1 Å². The lowest BCUT2D eigenvalue weighted by molar-refractivity contribution is -0.00250. The zero-order valence-electron chi connectivity index (χ0n) is 12.0. The lowest BCUT2D eigenvalue weighted by Crippen LogP contribution is -2.42. The summed E-state index contributed by atoms with van der Waals surface area (Å²) in [7, 11) is -3.64. The number of benzene rings is 1. The summed E-state index contributed by atoms with van der Waals surface area (Å²) in [4.78, 5) is 3.95. The van der Waals surface area contributed by atoms with Gasteiger partial charge in [-0.2, -0.15) is 4.31 Å². The minimum Gasteiger partial charge on any atom is -0.371 e. The van der Waals surface area contributed by atoms with Crippen molar-refractivity contribution in [3.05, 3.63) is 58.3 Å². The number of rotatable bonds is 3. The van der Waals surface area contributed by atoms with Crippen molar-refractivity contribution in [1.82, 2.24) is 9.29 Å². The Morgan fingerprint density at radius 3 is 2.65 bits per heavy atom. The maximum atomic E-state index is 12.7. The predicted octanol–water partition coefficient (Wildman–Crippen LogP) is 3.15. The number of pyridine rings is 1. The van der Waals surface area contributed by atoms with Crippen molar-refractivity contribution in [3.8, 4) is 0 Å². The van der Waals surface area contributed by atoms with Gasteiger partial charge in [0.2, 0.25) is 10.0 Å². The van der Waals surface area contributed by atoms with E-state index in [2.05, 4.69) is 4.98 Å². The molecule has 0 saturated carbocycles. The number of hydrogen-bond donors (Lipinski definition) is 0. The molecular formula is C15H14Cl2N2O3S. The lowest BCUT2D eigenvalue weighted by atomic mass is 10.1. The number of nitrogens with zero attached hydrogens (tertiary/aromatic N) is 2. The Bertz CT molecular complexity index is 797. The number of aromatic nitrogens is 1. The van der Waals surface area contributed by atoms with Gasteiger partial charge in [-0.25, -0.2) is 13.4 Å². The van der Waals surface area contributed by atoms with Crippen molar-refractivity contribution in [1.29, 1.82) is 0 Å². The molecule has 2 heterocycles. The summed E-state index contributed by atoms with van der Waals surface area (Å²) in [6.07, 6.45) is 0.866. The lowest BCUT2D eigenvalue weighted by Gasteiger charge is -2.32. The van der Waals surface area contributed by atoms with E-state index in [0.717, 1.165) is 5.56 Å². The summed E-state index contributed by atoms with van der Waals surface area (Å²) in [5.74, 6) is 0. The number of hydrogen-bond acceptors (Lipinski definition) is 4. The van der Waals surface area contributed by atoms with E-state index in [1.807, 2.05) is 18.2 Å². The van der Waals surface area contributed by atoms with Crippen LogP contribution in [0.25, 0.3) is 0 Å². The van der Waals surface area contributed by atoms with Gasteiger partial charge in [0, 0.05) is 29.9 Å². The first kappa shape index (κ1) is 16.7. The highest BCUT2D eigenvalue weighted by Crippen LogP contribution is 2.30. The first-order chi connectivity index (χ1) is 11.0. The maximum absolute atomic E-state index is 12.7.